The molecular weight excluding hydrogens is 368 g/mol. The summed E-state index contributed by atoms with van der Waals surface area (Å²) in [6, 6.07) is 0. The molecule has 30 heavy (non-hydrogen) atoms. The Morgan fingerprint density at radius 3 is 2.43 bits per heavy atom. The van der Waals surface area contributed by atoms with Crippen molar-refractivity contribution in [1.29, 1.82) is 0 Å². The highest BCUT2D eigenvalue weighted by atomic mass is 16.3. The summed E-state index contributed by atoms with van der Waals surface area (Å²) in [5.41, 5.74) is 3.24. The Bertz CT molecular complexity index is 753. The highest BCUT2D eigenvalue weighted by Crippen LogP contribution is 2.65. The van der Waals surface area contributed by atoms with E-state index in [9.17, 15) is 10.2 Å². The van der Waals surface area contributed by atoms with Crippen molar-refractivity contribution in [2.24, 2.45) is 40.4 Å². The normalized spacial score (nSPS) is 43.3. The molecule has 168 valence electrons. The molecule has 1 unspecified atom stereocenters. The molecule has 3 saturated carbocycles. The van der Waals surface area contributed by atoms with Crippen LogP contribution in [0.25, 0.3) is 0 Å². The minimum absolute atomic E-state index is 0.136. The predicted octanol–water partition coefficient (Wildman–Crippen LogP) is 6.45. The van der Waals surface area contributed by atoms with Crippen LogP contribution in [0.2, 0.25) is 0 Å². The molecule has 3 fully saturated rings. The zero-order valence-electron chi connectivity index (χ0n) is 20.1. The molecule has 0 radical (unpaired) electrons. The van der Waals surface area contributed by atoms with E-state index in [1.807, 2.05) is 13.8 Å². The summed E-state index contributed by atoms with van der Waals surface area (Å²) < 4.78 is 0. The van der Waals surface area contributed by atoms with E-state index in [1.54, 1.807) is 5.57 Å². The van der Waals surface area contributed by atoms with Crippen LogP contribution in [-0.4, -0.2) is 21.9 Å². The average molecular weight is 413 g/mol. The molecule has 0 spiro atoms. The van der Waals surface area contributed by atoms with Crippen LogP contribution < -0.4 is 0 Å². The zero-order chi connectivity index (χ0) is 21.9. The van der Waals surface area contributed by atoms with Crippen LogP contribution in [0.1, 0.15) is 86.5 Å². The van der Waals surface area contributed by atoms with Gasteiger partial charge in [0.2, 0.25) is 0 Å². The SMILES string of the molecule is CC(/C=C/[C@H](C)C(C)(C)O)[C@H]1CC[C@H]2C3=CC=C4C[C@@H](O)CC[C@]4(C)[C@H]3CC[C@]12C. The van der Waals surface area contributed by atoms with Gasteiger partial charge in [0.05, 0.1) is 11.7 Å². The van der Waals surface area contributed by atoms with Crippen molar-refractivity contribution >= 4 is 0 Å². The first-order valence-corrected chi connectivity index (χ1v) is 12.5. The first-order valence-electron chi connectivity index (χ1n) is 12.5. The van der Waals surface area contributed by atoms with E-state index >= 15 is 0 Å². The molecule has 0 heterocycles. The molecule has 0 aliphatic heterocycles. The van der Waals surface area contributed by atoms with Crippen LogP contribution in [0.4, 0.5) is 0 Å². The van der Waals surface area contributed by atoms with Crippen LogP contribution in [0.5, 0.6) is 0 Å². The summed E-state index contributed by atoms with van der Waals surface area (Å²) in [6.07, 6.45) is 17.6. The van der Waals surface area contributed by atoms with E-state index < -0.39 is 5.60 Å². The third-order valence-corrected chi connectivity index (χ3v) is 10.1. The molecule has 4 aliphatic rings. The lowest BCUT2D eigenvalue weighted by Crippen LogP contribution is -2.46. The molecule has 0 amide bonds. The molecule has 4 rings (SSSR count). The summed E-state index contributed by atoms with van der Waals surface area (Å²) in [6.45, 7) is 13.4. The van der Waals surface area contributed by atoms with E-state index in [4.69, 9.17) is 0 Å². The summed E-state index contributed by atoms with van der Waals surface area (Å²) in [5, 5.41) is 20.5. The van der Waals surface area contributed by atoms with E-state index in [1.165, 1.54) is 31.3 Å². The molecule has 0 aromatic heterocycles. The zero-order valence-corrected chi connectivity index (χ0v) is 20.1. The fraction of sp³-hybridized carbons (Fsp3) is 0.786. The van der Waals surface area contributed by atoms with Gasteiger partial charge in [0.25, 0.3) is 0 Å². The molecule has 0 saturated heterocycles. The predicted molar refractivity (Wildman–Crippen MR) is 125 cm³/mol. The van der Waals surface area contributed by atoms with Gasteiger partial charge in [-0.15, -0.1) is 0 Å². The molecule has 0 aromatic rings. The number of aliphatic hydroxyl groups is 2. The Morgan fingerprint density at radius 2 is 1.73 bits per heavy atom. The lowest BCUT2D eigenvalue weighted by atomic mass is 9.50. The third kappa shape index (κ3) is 3.56. The summed E-state index contributed by atoms with van der Waals surface area (Å²) in [4.78, 5) is 0. The number of hydrogen-bond acceptors (Lipinski definition) is 2. The van der Waals surface area contributed by atoms with Gasteiger partial charge in [-0.2, -0.15) is 0 Å². The number of fused-ring (bicyclic) bond motifs is 5. The Labute approximate surface area is 184 Å². The first-order chi connectivity index (χ1) is 14.0. The molecule has 0 bridgehead atoms. The molecule has 2 N–H and O–H groups in total. The van der Waals surface area contributed by atoms with E-state index in [0.717, 1.165) is 25.2 Å². The van der Waals surface area contributed by atoms with Crippen molar-refractivity contribution in [1.82, 2.24) is 0 Å². The van der Waals surface area contributed by atoms with E-state index in [2.05, 4.69) is 52.0 Å². The van der Waals surface area contributed by atoms with Gasteiger partial charge in [-0.05, 0) is 93.3 Å². The van der Waals surface area contributed by atoms with Crippen molar-refractivity contribution in [2.45, 2.75) is 98.2 Å². The molecule has 0 aromatic carbocycles. The van der Waals surface area contributed by atoms with Gasteiger partial charge in [0.15, 0.2) is 0 Å². The quantitative estimate of drug-likeness (QED) is 0.521. The topological polar surface area (TPSA) is 40.5 Å². The van der Waals surface area contributed by atoms with Crippen molar-refractivity contribution in [3.05, 3.63) is 35.5 Å². The van der Waals surface area contributed by atoms with Gasteiger partial charge < -0.3 is 10.2 Å². The summed E-state index contributed by atoms with van der Waals surface area (Å²) in [7, 11) is 0. The minimum Gasteiger partial charge on any atom is -0.393 e. The molecular formula is C28H44O2. The van der Waals surface area contributed by atoms with Crippen molar-refractivity contribution in [2.75, 3.05) is 0 Å². The molecule has 2 heteroatoms. The van der Waals surface area contributed by atoms with Gasteiger partial charge in [-0.25, -0.2) is 0 Å². The first kappa shape index (κ1) is 22.3. The Hall–Kier alpha value is -0.860. The van der Waals surface area contributed by atoms with Crippen molar-refractivity contribution in [3.63, 3.8) is 0 Å². The second-order valence-corrected chi connectivity index (χ2v) is 12.2. The maximum absolute atomic E-state index is 10.3. The summed E-state index contributed by atoms with van der Waals surface area (Å²) >= 11 is 0. The van der Waals surface area contributed by atoms with Gasteiger partial charge in [0, 0.05) is 5.92 Å². The van der Waals surface area contributed by atoms with Crippen LogP contribution in [-0.2, 0) is 0 Å². The standard InChI is InChI=1S/C28H44O2/c1-18(7-8-19(2)26(3,4)30)23-11-12-24-22-10-9-20-17-21(29)13-15-27(20,5)25(22)14-16-28(23,24)6/h7-10,18-19,21,23-25,29-30H,11-17H2,1-6H3/b8-7+/t18?,19-,21-,23+,24-,25-,27-,28+/m0/s1. The van der Waals surface area contributed by atoms with Gasteiger partial charge >= 0.3 is 0 Å². The van der Waals surface area contributed by atoms with Crippen LogP contribution >= 0.6 is 0 Å². The number of aliphatic hydroxyl groups excluding tert-OH is 1. The lowest BCUT2D eigenvalue weighted by molar-refractivity contribution is 0.0370. The highest BCUT2D eigenvalue weighted by Gasteiger charge is 2.56. The molecule has 8 atom stereocenters. The van der Waals surface area contributed by atoms with Crippen LogP contribution in [0.15, 0.2) is 35.5 Å². The highest BCUT2D eigenvalue weighted by molar-refractivity contribution is 5.39. The maximum atomic E-state index is 10.3. The third-order valence-electron chi connectivity index (χ3n) is 10.1. The maximum Gasteiger partial charge on any atom is 0.0651 e. The van der Waals surface area contributed by atoms with Crippen LogP contribution in [0, 0.1) is 40.4 Å². The van der Waals surface area contributed by atoms with E-state index in [0.29, 0.717) is 23.2 Å². The van der Waals surface area contributed by atoms with Crippen molar-refractivity contribution in [3.8, 4) is 0 Å². The fourth-order valence-electron chi connectivity index (χ4n) is 7.60. The van der Waals surface area contributed by atoms with Gasteiger partial charge in [-0.3, -0.25) is 0 Å². The number of hydrogen-bond donors (Lipinski definition) is 2. The smallest absolute Gasteiger partial charge is 0.0651 e. The second-order valence-electron chi connectivity index (χ2n) is 12.2. The van der Waals surface area contributed by atoms with Gasteiger partial charge in [-0.1, -0.05) is 63.1 Å². The van der Waals surface area contributed by atoms with Crippen molar-refractivity contribution < 1.29 is 10.2 Å². The average Bonchev–Trinajstić information content (AvgIpc) is 3.03. The Balaban J connectivity index is 1.56. The fourth-order valence-corrected chi connectivity index (χ4v) is 7.60. The number of allylic oxidation sites excluding steroid dienone is 4. The minimum atomic E-state index is -0.656. The second kappa shape index (κ2) is 7.62. The van der Waals surface area contributed by atoms with Gasteiger partial charge in [0.1, 0.15) is 0 Å². The largest absolute Gasteiger partial charge is 0.393 e. The van der Waals surface area contributed by atoms with E-state index in [-0.39, 0.29) is 17.4 Å². The molecule has 2 nitrogen and oxygen atoms in total. The number of rotatable bonds is 4. The Kier molecular flexibility index (Phi) is 5.68. The summed E-state index contributed by atoms with van der Waals surface area (Å²) in [5.74, 6) is 2.85. The Morgan fingerprint density at radius 1 is 1.00 bits per heavy atom. The monoisotopic (exact) mass is 412 g/mol. The lowest BCUT2D eigenvalue weighted by Gasteiger charge is -2.55. The van der Waals surface area contributed by atoms with Crippen LogP contribution in [0.3, 0.4) is 0 Å². The molecule has 4 aliphatic carbocycles.